The molecule has 0 bridgehead atoms. The first-order valence-corrected chi connectivity index (χ1v) is 14.6. The quantitative estimate of drug-likeness (QED) is 0.230. The third kappa shape index (κ3) is 8.19. The van der Waals surface area contributed by atoms with Crippen LogP contribution in [0.4, 0.5) is 5.00 Å². The van der Waals surface area contributed by atoms with Crippen molar-refractivity contribution in [3.8, 4) is 0 Å². The molecule has 1 saturated carbocycles. The molecule has 0 aliphatic heterocycles. The van der Waals surface area contributed by atoms with E-state index < -0.39 is 41.0 Å². The second-order valence-electron chi connectivity index (χ2n) is 11.2. The molecule has 3 aromatic rings. The first-order chi connectivity index (χ1) is 20.0. The molecule has 42 heavy (non-hydrogen) atoms. The number of anilines is 1. The van der Waals surface area contributed by atoms with Gasteiger partial charge in [-0.1, -0.05) is 60.7 Å². The number of nitrogens with zero attached hydrogens (tertiary/aromatic N) is 1. The van der Waals surface area contributed by atoms with Crippen molar-refractivity contribution < 1.29 is 33.4 Å². The molecule has 1 aliphatic rings. The van der Waals surface area contributed by atoms with Crippen LogP contribution in [0.1, 0.15) is 60.8 Å². The Bertz CT molecular complexity index is 1390. The van der Waals surface area contributed by atoms with E-state index in [4.69, 9.17) is 14.2 Å². The number of thiophene rings is 1. The molecule has 0 spiro atoms. The lowest BCUT2D eigenvalue weighted by atomic mass is 10.1. The van der Waals surface area contributed by atoms with Crippen molar-refractivity contribution in [2.75, 3.05) is 11.9 Å². The van der Waals surface area contributed by atoms with Crippen LogP contribution in [-0.2, 0) is 41.8 Å². The summed E-state index contributed by atoms with van der Waals surface area (Å²) in [6, 6.07) is 20.5. The molecule has 9 nitrogen and oxygen atoms in total. The van der Waals surface area contributed by atoms with Crippen molar-refractivity contribution in [2.24, 2.45) is 0 Å². The molecule has 0 unspecified atom stereocenters. The predicted molar refractivity (Wildman–Crippen MR) is 159 cm³/mol. The van der Waals surface area contributed by atoms with Crippen molar-refractivity contribution >= 4 is 40.2 Å². The van der Waals surface area contributed by atoms with Gasteiger partial charge < -0.3 is 24.4 Å². The number of carbonyl (C=O) groups excluding carboxylic acids is 4. The SMILES string of the molecule is CN(c1ccc(C(=O)OC(C)(C)C)s1)C1(C(=O)N[C@@H](CC(=O)OCc2ccccc2)C(=O)OCc2ccccc2)CC1. The lowest BCUT2D eigenvalue weighted by Crippen LogP contribution is -2.53. The summed E-state index contributed by atoms with van der Waals surface area (Å²) in [4.78, 5) is 54.2. The Kier molecular flexibility index (Phi) is 9.67. The Hall–Kier alpha value is -4.18. The first-order valence-electron chi connectivity index (χ1n) is 13.7. The smallest absolute Gasteiger partial charge is 0.348 e. The van der Waals surface area contributed by atoms with Gasteiger partial charge in [0.1, 0.15) is 35.3 Å². The minimum absolute atomic E-state index is 0.00120. The Morgan fingerprint density at radius 1 is 0.881 bits per heavy atom. The maximum atomic E-state index is 13.6. The summed E-state index contributed by atoms with van der Waals surface area (Å²) >= 11 is 1.23. The monoisotopic (exact) mass is 592 g/mol. The van der Waals surface area contributed by atoms with E-state index in [0.717, 1.165) is 11.1 Å². The number of nitrogens with one attached hydrogen (secondary N) is 1. The van der Waals surface area contributed by atoms with Gasteiger partial charge in [0.15, 0.2) is 0 Å². The molecular formula is C32H36N2O7S. The van der Waals surface area contributed by atoms with Crippen molar-refractivity contribution in [1.82, 2.24) is 5.32 Å². The summed E-state index contributed by atoms with van der Waals surface area (Å²) in [6.45, 7) is 5.44. The van der Waals surface area contributed by atoms with E-state index in [1.54, 1.807) is 44.9 Å². The van der Waals surface area contributed by atoms with Gasteiger partial charge >= 0.3 is 17.9 Å². The largest absolute Gasteiger partial charge is 0.461 e. The molecule has 1 atom stereocenters. The topological polar surface area (TPSA) is 111 Å². The molecule has 222 valence electrons. The summed E-state index contributed by atoms with van der Waals surface area (Å²) in [5.41, 5.74) is 0.0248. The average Bonchev–Trinajstić information content (AvgIpc) is 3.63. The summed E-state index contributed by atoms with van der Waals surface area (Å²) in [7, 11) is 1.77. The summed E-state index contributed by atoms with van der Waals surface area (Å²) in [5.74, 6) is -2.21. The van der Waals surface area contributed by atoms with Crippen molar-refractivity contribution in [3.05, 3.63) is 88.8 Å². The van der Waals surface area contributed by atoms with E-state index >= 15 is 0 Å². The fraction of sp³-hybridized carbons (Fsp3) is 0.375. The summed E-state index contributed by atoms with van der Waals surface area (Å²) in [6.07, 6.45) is 0.701. The third-order valence-corrected chi connectivity index (χ3v) is 7.88. The number of esters is 3. The van der Waals surface area contributed by atoms with E-state index in [-0.39, 0.29) is 19.6 Å². The highest BCUT2D eigenvalue weighted by Crippen LogP contribution is 2.45. The number of hydrogen-bond donors (Lipinski definition) is 1. The number of hydrogen-bond acceptors (Lipinski definition) is 9. The zero-order chi connectivity index (χ0) is 30.3. The molecule has 2 aromatic carbocycles. The van der Waals surface area contributed by atoms with Crippen LogP contribution in [0.25, 0.3) is 0 Å². The Balaban J connectivity index is 1.44. The number of likely N-dealkylation sites (N-methyl/N-ethyl adjacent to an activating group) is 1. The van der Waals surface area contributed by atoms with Crippen molar-refractivity contribution in [1.29, 1.82) is 0 Å². The van der Waals surface area contributed by atoms with E-state index in [2.05, 4.69) is 5.32 Å². The Morgan fingerprint density at radius 2 is 1.45 bits per heavy atom. The molecule has 1 aromatic heterocycles. The van der Waals surface area contributed by atoms with Gasteiger partial charge in [0.25, 0.3) is 0 Å². The molecular weight excluding hydrogens is 556 g/mol. The lowest BCUT2D eigenvalue weighted by Gasteiger charge is -2.29. The van der Waals surface area contributed by atoms with Gasteiger partial charge in [-0.2, -0.15) is 0 Å². The molecule has 10 heteroatoms. The molecule has 1 N–H and O–H groups in total. The molecule has 4 rings (SSSR count). The second kappa shape index (κ2) is 13.2. The highest BCUT2D eigenvalue weighted by atomic mass is 32.1. The van der Waals surface area contributed by atoms with Gasteiger partial charge in [0.2, 0.25) is 5.91 Å². The molecule has 0 saturated heterocycles. The van der Waals surface area contributed by atoms with Crippen LogP contribution in [0.5, 0.6) is 0 Å². The summed E-state index contributed by atoms with van der Waals surface area (Å²) in [5, 5.41) is 3.46. The van der Waals surface area contributed by atoms with Gasteiger partial charge in [-0.25, -0.2) is 9.59 Å². The Morgan fingerprint density at radius 3 is 2.00 bits per heavy atom. The predicted octanol–water partition coefficient (Wildman–Crippen LogP) is 5.03. The Labute approximate surface area is 249 Å². The zero-order valence-corrected chi connectivity index (χ0v) is 25.1. The number of rotatable bonds is 12. The average molecular weight is 593 g/mol. The third-order valence-electron chi connectivity index (χ3n) is 6.74. The van der Waals surface area contributed by atoms with Gasteiger partial charge in [0.05, 0.1) is 11.4 Å². The number of carbonyl (C=O) groups is 4. The fourth-order valence-electron chi connectivity index (χ4n) is 4.27. The van der Waals surface area contributed by atoms with Crippen LogP contribution in [0, 0.1) is 0 Å². The zero-order valence-electron chi connectivity index (χ0n) is 24.3. The molecule has 1 heterocycles. The normalized spacial score (nSPS) is 14.3. The van der Waals surface area contributed by atoms with Crippen LogP contribution >= 0.6 is 11.3 Å². The lowest BCUT2D eigenvalue weighted by molar-refractivity contribution is -0.155. The number of ether oxygens (including phenoxy) is 3. The van der Waals surface area contributed by atoms with E-state index in [0.29, 0.717) is 22.7 Å². The van der Waals surface area contributed by atoms with Crippen molar-refractivity contribution in [2.45, 2.75) is 70.4 Å². The van der Waals surface area contributed by atoms with Crippen LogP contribution in [0.2, 0.25) is 0 Å². The fourth-order valence-corrected chi connectivity index (χ4v) is 5.20. The van der Waals surface area contributed by atoms with E-state index in [1.807, 2.05) is 60.7 Å². The second-order valence-corrected chi connectivity index (χ2v) is 12.3. The van der Waals surface area contributed by atoms with Gasteiger partial charge in [-0.3, -0.25) is 9.59 Å². The standard InChI is InChI=1S/C32H36N2O7S/c1-31(2,3)41-29(37)25-15-16-26(42-25)34(4)32(17-18-32)30(38)33-24(28(36)40-21-23-13-9-6-10-14-23)19-27(35)39-20-22-11-7-5-8-12-22/h5-16,24H,17-21H2,1-4H3,(H,33,38)/t24-/m0/s1. The van der Waals surface area contributed by atoms with Crippen LogP contribution < -0.4 is 10.2 Å². The van der Waals surface area contributed by atoms with Gasteiger partial charge in [-0.05, 0) is 56.9 Å². The molecule has 1 amide bonds. The van der Waals surface area contributed by atoms with Crippen LogP contribution in [0.3, 0.4) is 0 Å². The van der Waals surface area contributed by atoms with Crippen LogP contribution in [0.15, 0.2) is 72.8 Å². The molecule has 1 fully saturated rings. The highest BCUT2D eigenvalue weighted by molar-refractivity contribution is 7.17. The maximum Gasteiger partial charge on any atom is 0.348 e. The van der Waals surface area contributed by atoms with Crippen LogP contribution in [-0.4, -0.2) is 48.0 Å². The minimum Gasteiger partial charge on any atom is -0.461 e. The number of benzene rings is 2. The van der Waals surface area contributed by atoms with E-state index in [1.165, 1.54) is 11.3 Å². The van der Waals surface area contributed by atoms with Gasteiger partial charge in [0, 0.05) is 7.05 Å². The molecule has 1 aliphatic carbocycles. The first kappa shape index (κ1) is 30.8. The molecule has 0 radical (unpaired) electrons. The van der Waals surface area contributed by atoms with Gasteiger partial charge in [-0.15, -0.1) is 11.3 Å². The van der Waals surface area contributed by atoms with Crippen molar-refractivity contribution in [3.63, 3.8) is 0 Å². The maximum absolute atomic E-state index is 13.6. The number of amides is 1. The summed E-state index contributed by atoms with van der Waals surface area (Å²) < 4.78 is 16.3. The van der Waals surface area contributed by atoms with E-state index in [9.17, 15) is 19.2 Å². The highest BCUT2D eigenvalue weighted by Gasteiger charge is 2.54. The minimum atomic E-state index is -1.24.